The summed E-state index contributed by atoms with van der Waals surface area (Å²) in [7, 11) is 0. The number of carboxylic acids is 1. The van der Waals surface area contributed by atoms with E-state index in [9.17, 15) is 9.59 Å². The number of carbonyl (C=O) groups is 2. The molecule has 1 saturated carbocycles. The van der Waals surface area contributed by atoms with E-state index in [1.165, 1.54) is 0 Å². The van der Waals surface area contributed by atoms with Gasteiger partial charge in [0, 0.05) is 19.0 Å². The van der Waals surface area contributed by atoms with Gasteiger partial charge in [0.1, 0.15) is 0 Å². The van der Waals surface area contributed by atoms with Gasteiger partial charge in [0.05, 0.1) is 5.92 Å². The maximum Gasteiger partial charge on any atom is 0.308 e. The molecule has 3 rings (SSSR count). The van der Waals surface area contributed by atoms with Gasteiger partial charge in [-0.05, 0) is 50.6 Å². The second-order valence-electron chi connectivity index (χ2n) is 6.33. The molecule has 2 saturated heterocycles. The maximum absolute atomic E-state index is 12.5. The van der Waals surface area contributed by atoms with Gasteiger partial charge in [-0.3, -0.25) is 9.59 Å². The van der Waals surface area contributed by atoms with E-state index in [1.807, 2.05) is 4.90 Å². The van der Waals surface area contributed by atoms with Crippen molar-refractivity contribution in [3.05, 3.63) is 0 Å². The van der Waals surface area contributed by atoms with Gasteiger partial charge in [-0.25, -0.2) is 0 Å². The van der Waals surface area contributed by atoms with Crippen molar-refractivity contribution in [2.24, 2.45) is 17.3 Å². The molecule has 5 nitrogen and oxygen atoms in total. The molecule has 2 aliphatic heterocycles. The van der Waals surface area contributed by atoms with Crippen LogP contribution in [0.4, 0.5) is 0 Å². The third kappa shape index (κ3) is 2.36. The predicted molar refractivity (Wildman–Crippen MR) is 69.6 cm³/mol. The molecule has 0 aromatic carbocycles. The van der Waals surface area contributed by atoms with E-state index in [0.717, 1.165) is 45.3 Å². The summed E-state index contributed by atoms with van der Waals surface area (Å²) in [6.07, 6.45) is 4.74. The van der Waals surface area contributed by atoms with Crippen LogP contribution in [-0.4, -0.2) is 48.1 Å². The van der Waals surface area contributed by atoms with Crippen LogP contribution in [0.3, 0.4) is 0 Å². The SMILES string of the molecule is O=C(O)[C@H]1CCCN(C(=O)C2CC23CCNCC3)C1. The fourth-order valence-electron chi connectivity index (χ4n) is 3.77. The quantitative estimate of drug-likeness (QED) is 0.772. The van der Waals surface area contributed by atoms with E-state index >= 15 is 0 Å². The highest BCUT2D eigenvalue weighted by Gasteiger charge is 2.58. The van der Waals surface area contributed by atoms with Crippen molar-refractivity contribution in [2.45, 2.75) is 32.1 Å². The number of amides is 1. The summed E-state index contributed by atoms with van der Waals surface area (Å²) < 4.78 is 0. The minimum Gasteiger partial charge on any atom is -0.481 e. The minimum absolute atomic E-state index is 0.169. The molecular weight excluding hydrogens is 244 g/mol. The molecular formula is C14H22N2O3. The second-order valence-corrected chi connectivity index (χ2v) is 6.33. The molecule has 19 heavy (non-hydrogen) atoms. The van der Waals surface area contributed by atoms with Crippen molar-refractivity contribution >= 4 is 11.9 Å². The van der Waals surface area contributed by atoms with Crippen molar-refractivity contribution in [3.8, 4) is 0 Å². The average molecular weight is 266 g/mol. The third-order valence-corrected chi connectivity index (χ3v) is 5.17. The summed E-state index contributed by atoms with van der Waals surface area (Å²) in [4.78, 5) is 25.4. The van der Waals surface area contributed by atoms with Crippen molar-refractivity contribution in [1.29, 1.82) is 0 Å². The standard InChI is InChI=1S/C14H22N2O3/c17-12(11-8-14(11)3-5-15-6-4-14)16-7-1-2-10(9-16)13(18)19/h10-11,15H,1-9H2,(H,18,19)/t10-,11?/m0/s1. The van der Waals surface area contributed by atoms with Gasteiger partial charge in [0.2, 0.25) is 5.91 Å². The summed E-state index contributed by atoms with van der Waals surface area (Å²) >= 11 is 0. The number of hydrogen-bond donors (Lipinski definition) is 2. The highest BCUT2D eigenvalue weighted by atomic mass is 16.4. The van der Waals surface area contributed by atoms with Crippen LogP contribution in [0.25, 0.3) is 0 Å². The van der Waals surface area contributed by atoms with Gasteiger partial charge >= 0.3 is 5.97 Å². The van der Waals surface area contributed by atoms with Gasteiger partial charge in [-0.1, -0.05) is 0 Å². The normalized spacial score (nSPS) is 33.2. The fraction of sp³-hybridized carbons (Fsp3) is 0.857. The first-order valence-corrected chi connectivity index (χ1v) is 7.35. The number of piperidine rings is 2. The summed E-state index contributed by atoms with van der Waals surface area (Å²) in [6.45, 7) is 3.19. The highest BCUT2D eigenvalue weighted by molar-refractivity contribution is 5.83. The number of hydrogen-bond acceptors (Lipinski definition) is 3. The summed E-state index contributed by atoms with van der Waals surface area (Å²) in [5.41, 5.74) is 0.249. The van der Waals surface area contributed by atoms with Crippen molar-refractivity contribution in [3.63, 3.8) is 0 Å². The van der Waals surface area contributed by atoms with E-state index < -0.39 is 5.97 Å². The topological polar surface area (TPSA) is 69.6 Å². The molecule has 2 N–H and O–H groups in total. The Labute approximate surface area is 113 Å². The Bertz CT molecular complexity index is 390. The largest absolute Gasteiger partial charge is 0.481 e. The lowest BCUT2D eigenvalue weighted by Crippen LogP contribution is -2.44. The van der Waals surface area contributed by atoms with E-state index in [0.29, 0.717) is 13.0 Å². The van der Waals surface area contributed by atoms with E-state index in [4.69, 9.17) is 5.11 Å². The molecule has 1 aliphatic carbocycles. The second kappa shape index (κ2) is 4.78. The smallest absolute Gasteiger partial charge is 0.308 e. The molecule has 1 unspecified atom stereocenters. The van der Waals surface area contributed by atoms with Crippen molar-refractivity contribution < 1.29 is 14.7 Å². The van der Waals surface area contributed by atoms with E-state index in [1.54, 1.807) is 0 Å². The van der Waals surface area contributed by atoms with Crippen LogP contribution in [0.15, 0.2) is 0 Å². The van der Waals surface area contributed by atoms with Gasteiger partial charge < -0.3 is 15.3 Å². The lowest BCUT2D eigenvalue weighted by atomic mass is 9.91. The molecule has 0 aromatic heterocycles. The molecule has 3 aliphatic rings. The lowest BCUT2D eigenvalue weighted by molar-refractivity contribution is -0.146. The molecule has 106 valence electrons. The molecule has 0 aromatic rings. The molecule has 0 bridgehead atoms. The number of carboxylic acid groups (broad SMARTS) is 1. The van der Waals surface area contributed by atoms with Crippen LogP contribution in [0.1, 0.15) is 32.1 Å². The number of carbonyl (C=O) groups excluding carboxylic acids is 1. The van der Waals surface area contributed by atoms with Crippen LogP contribution in [-0.2, 0) is 9.59 Å². The molecule has 5 heteroatoms. The van der Waals surface area contributed by atoms with Crippen LogP contribution >= 0.6 is 0 Å². The molecule has 2 heterocycles. The number of likely N-dealkylation sites (tertiary alicyclic amines) is 1. The van der Waals surface area contributed by atoms with Crippen LogP contribution in [0.5, 0.6) is 0 Å². The van der Waals surface area contributed by atoms with Gasteiger partial charge in [-0.2, -0.15) is 0 Å². The first kappa shape index (κ1) is 12.9. The first-order valence-electron chi connectivity index (χ1n) is 7.35. The number of nitrogens with zero attached hydrogens (tertiary/aromatic N) is 1. The maximum atomic E-state index is 12.5. The van der Waals surface area contributed by atoms with Crippen molar-refractivity contribution in [2.75, 3.05) is 26.2 Å². The molecule has 1 spiro atoms. The predicted octanol–water partition coefficient (Wildman–Crippen LogP) is 0.699. The Balaban J connectivity index is 1.60. The number of nitrogens with one attached hydrogen (secondary N) is 1. The van der Waals surface area contributed by atoms with Gasteiger partial charge in [-0.15, -0.1) is 0 Å². The van der Waals surface area contributed by atoms with Crippen molar-refractivity contribution in [1.82, 2.24) is 10.2 Å². The Morgan fingerprint density at radius 3 is 2.68 bits per heavy atom. The summed E-state index contributed by atoms with van der Waals surface area (Å²) in [5.74, 6) is -0.736. The highest BCUT2D eigenvalue weighted by Crippen LogP contribution is 2.59. The molecule has 2 atom stereocenters. The third-order valence-electron chi connectivity index (χ3n) is 5.17. The summed E-state index contributed by atoms with van der Waals surface area (Å²) in [5, 5.41) is 12.4. The Morgan fingerprint density at radius 2 is 2.00 bits per heavy atom. The molecule has 1 amide bonds. The van der Waals surface area contributed by atoms with E-state index in [2.05, 4.69) is 5.32 Å². The molecule has 0 radical (unpaired) electrons. The van der Waals surface area contributed by atoms with Crippen LogP contribution < -0.4 is 5.32 Å². The van der Waals surface area contributed by atoms with Gasteiger partial charge in [0.25, 0.3) is 0 Å². The fourth-order valence-corrected chi connectivity index (χ4v) is 3.77. The minimum atomic E-state index is -0.759. The Kier molecular flexibility index (Phi) is 3.25. The Hall–Kier alpha value is -1.10. The number of aliphatic carboxylic acids is 1. The monoisotopic (exact) mass is 266 g/mol. The van der Waals surface area contributed by atoms with Crippen LogP contribution in [0, 0.1) is 17.3 Å². The average Bonchev–Trinajstić information content (AvgIpc) is 3.12. The zero-order valence-electron chi connectivity index (χ0n) is 11.2. The summed E-state index contributed by atoms with van der Waals surface area (Å²) in [6, 6.07) is 0. The molecule has 3 fully saturated rings. The number of rotatable bonds is 2. The van der Waals surface area contributed by atoms with E-state index in [-0.39, 0.29) is 23.2 Å². The van der Waals surface area contributed by atoms with Crippen LogP contribution in [0.2, 0.25) is 0 Å². The Morgan fingerprint density at radius 1 is 1.26 bits per heavy atom. The van der Waals surface area contributed by atoms with Gasteiger partial charge in [0.15, 0.2) is 0 Å². The zero-order valence-corrected chi connectivity index (χ0v) is 11.2. The first-order chi connectivity index (χ1) is 9.12. The zero-order chi connectivity index (χ0) is 13.5. The lowest BCUT2D eigenvalue weighted by Gasteiger charge is -2.32.